The van der Waals surface area contributed by atoms with E-state index in [9.17, 15) is 0 Å². The monoisotopic (exact) mass is 382 g/mol. The van der Waals surface area contributed by atoms with E-state index < -0.39 is 0 Å². The Kier molecular flexibility index (Phi) is 5.55. The highest BCUT2D eigenvalue weighted by Gasteiger charge is 2.01. The van der Waals surface area contributed by atoms with Crippen molar-refractivity contribution in [2.75, 3.05) is 6.54 Å². The summed E-state index contributed by atoms with van der Waals surface area (Å²) in [5.74, 6) is 0. The molecule has 0 spiro atoms. The van der Waals surface area contributed by atoms with E-state index in [1.165, 1.54) is 11.1 Å². The number of hydrogen-bond donors (Lipinski definition) is 1. The molecule has 19 heavy (non-hydrogen) atoms. The molecule has 0 atom stereocenters. The molecular weight excluding hydrogens is 368 g/mol. The molecule has 2 nitrogen and oxygen atoms in total. The van der Waals surface area contributed by atoms with Gasteiger partial charge in [-0.3, -0.25) is 4.98 Å². The van der Waals surface area contributed by atoms with Gasteiger partial charge in [-0.1, -0.05) is 29.8 Å². The highest BCUT2D eigenvalue weighted by Crippen LogP contribution is 2.19. The molecule has 0 fully saturated rings. The quantitative estimate of drug-likeness (QED) is 0.780. The topological polar surface area (TPSA) is 24.9 Å². The van der Waals surface area contributed by atoms with Crippen LogP contribution >= 0.6 is 31.9 Å². The summed E-state index contributed by atoms with van der Waals surface area (Å²) < 4.78 is 2.02. The van der Waals surface area contributed by atoms with Crippen LogP contribution in [0, 0.1) is 6.92 Å². The van der Waals surface area contributed by atoms with Crippen molar-refractivity contribution in [2.45, 2.75) is 19.9 Å². The third kappa shape index (κ3) is 4.71. The molecule has 1 aromatic carbocycles. The lowest BCUT2D eigenvalue weighted by molar-refractivity contribution is 0.672. The van der Waals surface area contributed by atoms with E-state index >= 15 is 0 Å². The number of nitrogens with zero attached hydrogens (tertiary/aromatic N) is 1. The van der Waals surface area contributed by atoms with Crippen molar-refractivity contribution in [3.8, 4) is 0 Å². The fourth-order valence-electron chi connectivity index (χ4n) is 1.88. The molecular formula is C15H16Br2N2. The molecule has 0 unspecified atom stereocenters. The Morgan fingerprint density at radius 1 is 1.21 bits per heavy atom. The lowest BCUT2D eigenvalue weighted by Crippen LogP contribution is -2.17. The standard InChI is InChI=1S/C15H16Br2N2/c1-11-3-2-4-12(7-11)5-6-18-10-15-14(17)8-13(16)9-19-15/h2-4,7-9,18H,5-6,10H2,1H3. The number of rotatable bonds is 5. The second kappa shape index (κ2) is 7.17. The van der Waals surface area contributed by atoms with Gasteiger partial charge in [0.05, 0.1) is 5.69 Å². The van der Waals surface area contributed by atoms with Crippen LogP contribution in [0.3, 0.4) is 0 Å². The van der Waals surface area contributed by atoms with E-state index in [2.05, 4.69) is 73.3 Å². The van der Waals surface area contributed by atoms with Crippen molar-refractivity contribution >= 4 is 31.9 Å². The van der Waals surface area contributed by atoms with Crippen molar-refractivity contribution in [3.05, 3.63) is 62.3 Å². The van der Waals surface area contributed by atoms with Gasteiger partial charge in [-0.25, -0.2) is 0 Å². The van der Waals surface area contributed by atoms with Crippen molar-refractivity contribution < 1.29 is 0 Å². The van der Waals surface area contributed by atoms with Crippen LogP contribution in [0.4, 0.5) is 0 Å². The molecule has 0 amide bonds. The highest BCUT2D eigenvalue weighted by atomic mass is 79.9. The maximum Gasteiger partial charge on any atom is 0.0684 e. The van der Waals surface area contributed by atoms with Crippen LogP contribution in [0.1, 0.15) is 16.8 Å². The van der Waals surface area contributed by atoms with Crippen molar-refractivity contribution in [1.82, 2.24) is 10.3 Å². The molecule has 0 radical (unpaired) electrons. The van der Waals surface area contributed by atoms with E-state index in [1.807, 2.05) is 12.3 Å². The van der Waals surface area contributed by atoms with E-state index in [0.29, 0.717) is 0 Å². The number of hydrogen-bond acceptors (Lipinski definition) is 2. The van der Waals surface area contributed by atoms with E-state index in [1.54, 1.807) is 0 Å². The Morgan fingerprint density at radius 3 is 2.79 bits per heavy atom. The number of aromatic nitrogens is 1. The van der Waals surface area contributed by atoms with Crippen LogP contribution < -0.4 is 5.32 Å². The minimum Gasteiger partial charge on any atom is -0.311 e. The number of benzene rings is 1. The largest absolute Gasteiger partial charge is 0.311 e. The average Bonchev–Trinajstić information content (AvgIpc) is 2.37. The van der Waals surface area contributed by atoms with Gasteiger partial charge in [-0.2, -0.15) is 0 Å². The average molecular weight is 384 g/mol. The van der Waals surface area contributed by atoms with Crippen molar-refractivity contribution in [3.63, 3.8) is 0 Å². The first kappa shape index (κ1) is 14.7. The Morgan fingerprint density at radius 2 is 2.05 bits per heavy atom. The molecule has 0 aliphatic heterocycles. The molecule has 2 aromatic rings. The van der Waals surface area contributed by atoms with Gasteiger partial charge in [-0.05, 0) is 63.4 Å². The van der Waals surface area contributed by atoms with Gasteiger partial charge in [0.2, 0.25) is 0 Å². The summed E-state index contributed by atoms with van der Waals surface area (Å²) in [5.41, 5.74) is 3.72. The van der Waals surface area contributed by atoms with Crippen LogP contribution in [-0.4, -0.2) is 11.5 Å². The number of pyridine rings is 1. The Labute approximate surface area is 130 Å². The predicted octanol–water partition coefficient (Wildman–Crippen LogP) is 4.25. The normalized spacial score (nSPS) is 10.7. The third-order valence-electron chi connectivity index (χ3n) is 2.85. The minimum absolute atomic E-state index is 0.777. The number of nitrogens with one attached hydrogen (secondary N) is 1. The first-order valence-corrected chi connectivity index (χ1v) is 7.80. The SMILES string of the molecule is Cc1cccc(CCNCc2ncc(Br)cc2Br)c1. The van der Waals surface area contributed by atoms with Crippen LogP contribution in [0.5, 0.6) is 0 Å². The summed E-state index contributed by atoms with van der Waals surface area (Å²) in [7, 11) is 0. The van der Waals surface area contributed by atoms with Gasteiger partial charge in [-0.15, -0.1) is 0 Å². The summed E-state index contributed by atoms with van der Waals surface area (Å²) in [4.78, 5) is 4.38. The zero-order valence-corrected chi connectivity index (χ0v) is 14.0. The molecule has 0 saturated heterocycles. The fourth-order valence-corrected chi connectivity index (χ4v) is 3.01. The van der Waals surface area contributed by atoms with Crippen molar-refractivity contribution in [2.24, 2.45) is 0 Å². The van der Waals surface area contributed by atoms with Gasteiger partial charge in [0.1, 0.15) is 0 Å². The Hall–Kier alpha value is -0.710. The van der Waals surface area contributed by atoms with Gasteiger partial charge in [0.25, 0.3) is 0 Å². The summed E-state index contributed by atoms with van der Waals surface area (Å²) in [6.07, 6.45) is 2.86. The predicted molar refractivity (Wildman–Crippen MR) is 86.2 cm³/mol. The smallest absolute Gasteiger partial charge is 0.0684 e. The highest BCUT2D eigenvalue weighted by molar-refractivity contribution is 9.11. The molecule has 0 aliphatic carbocycles. The first-order chi connectivity index (χ1) is 9.15. The summed E-state index contributed by atoms with van der Waals surface area (Å²) in [5, 5.41) is 3.42. The molecule has 1 aromatic heterocycles. The second-order valence-corrected chi connectivity index (χ2v) is 6.27. The maximum atomic E-state index is 4.38. The molecule has 1 heterocycles. The van der Waals surface area contributed by atoms with Gasteiger partial charge < -0.3 is 5.32 Å². The lowest BCUT2D eigenvalue weighted by atomic mass is 10.1. The maximum absolute atomic E-state index is 4.38. The lowest BCUT2D eigenvalue weighted by Gasteiger charge is -2.07. The zero-order valence-electron chi connectivity index (χ0n) is 10.8. The molecule has 0 saturated carbocycles. The zero-order chi connectivity index (χ0) is 13.7. The van der Waals surface area contributed by atoms with E-state index in [-0.39, 0.29) is 0 Å². The molecule has 100 valence electrons. The molecule has 2 rings (SSSR count). The minimum atomic E-state index is 0.777. The van der Waals surface area contributed by atoms with Crippen LogP contribution in [0.25, 0.3) is 0 Å². The number of aryl methyl sites for hydroxylation is 1. The van der Waals surface area contributed by atoms with Crippen molar-refractivity contribution in [1.29, 1.82) is 0 Å². The Balaban J connectivity index is 1.81. The first-order valence-electron chi connectivity index (χ1n) is 6.21. The fraction of sp³-hybridized carbons (Fsp3) is 0.267. The molecule has 1 N–H and O–H groups in total. The molecule has 4 heteroatoms. The van der Waals surface area contributed by atoms with E-state index in [4.69, 9.17) is 0 Å². The van der Waals surface area contributed by atoms with Crippen LogP contribution in [-0.2, 0) is 13.0 Å². The van der Waals surface area contributed by atoms with Crippen LogP contribution in [0.2, 0.25) is 0 Å². The molecule has 0 aliphatic rings. The number of halogens is 2. The summed E-state index contributed by atoms with van der Waals surface area (Å²) in [6, 6.07) is 10.7. The van der Waals surface area contributed by atoms with Gasteiger partial charge in [0, 0.05) is 21.7 Å². The van der Waals surface area contributed by atoms with E-state index in [0.717, 1.165) is 34.1 Å². The van der Waals surface area contributed by atoms with Gasteiger partial charge in [0.15, 0.2) is 0 Å². The third-order valence-corrected chi connectivity index (χ3v) is 3.97. The summed E-state index contributed by atoms with van der Waals surface area (Å²) in [6.45, 7) is 3.85. The molecule has 0 bridgehead atoms. The second-order valence-electron chi connectivity index (χ2n) is 4.50. The Bertz CT molecular complexity index is 556. The van der Waals surface area contributed by atoms with Gasteiger partial charge >= 0.3 is 0 Å². The van der Waals surface area contributed by atoms with Crippen LogP contribution in [0.15, 0.2) is 45.5 Å². The summed E-state index contributed by atoms with van der Waals surface area (Å²) >= 11 is 6.92.